The second kappa shape index (κ2) is 11.1. The van der Waals surface area contributed by atoms with Crippen LogP contribution in [0.1, 0.15) is 42.9 Å². The number of para-hydroxylation sites is 1. The van der Waals surface area contributed by atoms with E-state index in [0.717, 1.165) is 29.4 Å². The van der Waals surface area contributed by atoms with Gasteiger partial charge in [-0.3, -0.25) is 14.1 Å². The highest BCUT2D eigenvalue weighted by molar-refractivity contribution is 7.91. The summed E-state index contributed by atoms with van der Waals surface area (Å²) in [5.74, 6) is 3.03. The van der Waals surface area contributed by atoms with E-state index in [1.807, 2.05) is 0 Å². The minimum absolute atomic E-state index is 0.0788. The molecule has 1 amide bonds. The molecule has 0 radical (unpaired) electrons. The Bertz CT molecular complexity index is 1590. The number of anilines is 1. The molecule has 0 bridgehead atoms. The summed E-state index contributed by atoms with van der Waals surface area (Å²) >= 11 is 12.3. The number of nitrogens with zero attached hydrogens (tertiary/aromatic N) is 4. The molecule has 1 N–H and O–H groups in total. The van der Waals surface area contributed by atoms with Gasteiger partial charge in [0.25, 0.3) is 5.91 Å². The minimum Gasteiger partial charge on any atom is -0.479 e. The molecular formula is C25H25Cl2N5O5S. The molecule has 0 aliphatic carbocycles. The second-order valence-corrected chi connectivity index (χ2v) is 11.2. The summed E-state index contributed by atoms with van der Waals surface area (Å²) in [7, 11) is -3.75. The first-order valence-corrected chi connectivity index (χ1v) is 13.9. The lowest BCUT2D eigenvalue weighted by Crippen LogP contribution is -2.48. The lowest BCUT2D eigenvalue weighted by Gasteiger charge is -2.31. The molecule has 38 heavy (non-hydrogen) atoms. The van der Waals surface area contributed by atoms with Crippen LogP contribution in [0.3, 0.4) is 0 Å². The number of hydrogen-bond donors (Lipinski definition) is 1. The molecule has 3 aromatic rings. The maximum atomic E-state index is 12.5. The highest BCUT2D eigenvalue weighted by Gasteiger charge is 2.36. The SMILES string of the molecule is C#CCOc1cc(-n2nc3n(c2=O)CCCC3)c(Cl)cc1Cl.CC(C)N1C(=O)c2ccccc2NS1(=O)=O. The average Bonchev–Trinajstić information content (AvgIpc) is 3.19. The quantitative estimate of drug-likeness (QED) is 0.470. The standard InChI is InChI=1S/C15H13Cl2N3O2.C10H12N2O3S/c1-2-7-22-13-9-12(10(16)8-11(13)17)20-15(21)19-6-4-3-5-14(19)18-20;1-7(2)12-10(13)8-5-3-4-6-9(8)11-16(12,14)15/h1,8-9H,3-7H2;3-7,11H,1-2H3. The van der Waals surface area contributed by atoms with Gasteiger partial charge in [0.2, 0.25) is 0 Å². The number of halogens is 2. The van der Waals surface area contributed by atoms with Crippen molar-refractivity contribution in [3.63, 3.8) is 0 Å². The van der Waals surface area contributed by atoms with Crippen LogP contribution in [0.25, 0.3) is 5.69 Å². The van der Waals surface area contributed by atoms with Crippen LogP contribution < -0.4 is 15.1 Å². The van der Waals surface area contributed by atoms with E-state index in [2.05, 4.69) is 15.7 Å². The van der Waals surface area contributed by atoms with Crippen LogP contribution >= 0.6 is 23.2 Å². The van der Waals surface area contributed by atoms with E-state index in [9.17, 15) is 18.0 Å². The third kappa shape index (κ3) is 5.38. The van der Waals surface area contributed by atoms with Gasteiger partial charge in [-0.1, -0.05) is 41.3 Å². The Kier molecular flexibility index (Phi) is 8.06. The largest absolute Gasteiger partial charge is 0.479 e. The minimum atomic E-state index is -3.75. The van der Waals surface area contributed by atoms with E-state index in [-0.39, 0.29) is 12.3 Å². The fourth-order valence-corrected chi connectivity index (χ4v) is 6.10. The van der Waals surface area contributed by atoms with Crippen molar-refractivity contribution in [3.05, 3.63) is 68.3 Å². The molecule has 3 heterocycles. The number of rotatable bonds is 4. The van der Waals surface area contributed by atoms with Crippen molar-refractivity contribution in [1.29, 1.82) is 0 Å². The Labute approximate surface area is 230 Å². The summed E-state index contributed by atoms with van der Waals surface area (Å²) in [5, 5.41) is 5.04. The van der Waals surface area contributed by atoms with E-state index in [1.165, 1.54) is 10.7 Å². The van der Waals surface area contributed by atoms with E-state index in [1.54, 1.807) is 48.7 Å². The molecule has 0 fully saturated rings. The van der Waals surface area contributed by atoms with Gasteiger partial charge in [0, 0.05) is 25.1 Å². The molecule has 2 aliphatic heterocycles. The van der Waals surface area contributed by atoms with Gasteiger partial charge >= 0.3 is 15.9 Å². The van der Waals surface area contributed by atoms with Gasteiger partial charge in [-0.05, 0) is 44.9 Å². The molecule has 200 valence electrons. The maximum absolute atomic E-state index is 12.5. The maximum Gasteiger partial charge on any atom is 0.350 e. The number of aryl methyl sites for hydroxylation is 1. The van der Waals surface area contributed by atoms with E-state index in [0.29, 0.717) is 39.3 Å². The fourth-order valence-electron chi connectivity index (χ4n) is 4.15. The van der Waals surface area contributed by atoms with Gasteiger partial charge in [-0.25, -0.2) is 9.10 Å². The summed E-state index contributed by atoms with van der Waals surface area (Å²) in [4.78, 5) is 24.5. The van der Waals surface area contributed by atoms with Crippen LogP contribution in [0.4, 0.5) is 5.69 Å². The predicted octanol–water partition coefficient (Wildman–Crippen LogP) is 3.90. The van der Waals surface area contributed by atoms with E-state index < -0.39 is 22.2 Å². The third-order valence-electron chi connectivity index (χ3n) is 5.84. The van der Waals surface area contributed by atoms with Gasteiger partial charge in [-0.15, -0.1) is 11.5 Å². The Balaban J connectivity index is 0.000000186. The van der Waals surface area contributed by atoms with E-state index in [4.69, 9.17) is 34.4 Å². The zero-order valence-corrected chi connectivity index (χ0v) is 23.0. The van der Waals surface area contributed by atoms with Crippen molar-refractivity contribution in [2.45, 2.75) is 45.7 Å². The highest BCUT2D eigenvalue weighted by Crippen LogP contribution is 2.33. The molecule has 1 aromatic heterocycles. The van der Waals surface area contributed by atoms with Crippen LogP contribution in [0.5, 0.6) is 5.75 Å². The summed E-state index contributed by atoms with van der Waals surface area (Å²) in [6, 6.07) is 9.27. The number of amides is 1. The number of aromatic nitrogens is 3. The Morgan fingerprint density at radius 2 is 1.89 bits per heavy atom. The van der Waals surface area contributed by atoms with Crippen molar-refractivity contribution in [1.82, 2.24) is 18.7 Å². The van der Waals surface area contributed by atoms with Crippen LogP contribution in [-0.4, -0.2) is 45.6 Å². The lowest BCUT2D eigenvalue weighted by molar-refractivity contribution is 0.0834. The van der Waals surface area contributed by atoms with Crippen molar-refractivity contribution >= 4 is 45.0 Å². The first kappa shape index (κ1) is 27.6. The van der Waals surface area contributed by atoms with Crippen LogP contribution in [0.2, 0.25) is 10.0 Å². The first-order chi connectivity index (χ1) is 18.0. The van der Waals surface area contributed by atoms with Gasteiger partial charge in [-0.2, -0.15) is 13.1 Å². The highest BCUT2D eigenvalue weighted by atomic mass is 35.5. The topological polar surface area (TPSA) is 116 Å². The van der Waals surface area contributed by atoms with Crippen LogP contribution in [0.15, 0.2) is 41.2 Å². The van der Waals surface area contributed by atoms with Crippen molar-refractivity contribution in [2.75, 3.05) is 11.3 Å². The zero-order chi connectivity index (χ0) is 27.6. The molecular weight excluding hydrogens is 553 g/mol. The number of nitrogens with one attached hydrogen (secondary N) is 1. The summed E-state index contributed by atoms with van der Waals surface area (Å²) in [6.45, 7) is 4.07. The van der Waals surface area contributed by atoms with Gasteiger partial charge in [0.15, 0.2) is 0 Å². The Morgan fingerprint density at radius 3 is 2.58 bits per heavy atom. The first-order valence-electron chi connectivity index (χ1n) is 11.7. The smallest absolute Gasteiger partial charge is 0.350 e. The summed E-state index contributed by atoms with van der Waals surface area (Å²) in [5.41, 5.74) is 0.947. The van der Waals surface area contributed by atoms with Crippen molar-refractivity contribution in [2.24, 2.45) is 0 Å². The monoisotopic (exact) mass is 577 g/mol. The number of fused-ring (bicyclic) bond motifs is 2. The molecule has 0 saturated carbocycles. The second-order valence-electron chi connectivity index (χ2n) is 8.79. The zero-order valence-electron chi connectivity index (χ0n) is 20.6. The molecule has 10 nitrogen and oxygen atoms in total. The number of ether oxygens (including phenoxy) is 1. The average molecular weight is 578 g/mol. The van der Waals surface area contributed by atoms with E-state index >= 15 is 0 Å². The third-order valence-corrected chi connectivity index (χ3v) is 8.02. The number of carbonyl (C=O) groups excluding carboxylic acids is 1. The molecule has 5 rings (SSSR count). The number of benzene rings is 2. The number of terminal acetylenes is 1. The molecule has 0 spiro atoms. The molecule has 2 aromatic carbocycles. The predicted molar refractivity (Wildman–Crippen MR) is 145 cm³/mol. The van der Waals surface area contributed by atoms with Crippen molar-refractivity contribution < 1.29 is 17.9 Å². The van der Waals surface area contributed by atoms with Crippen LogP contribution in [-0.2, 0) is 23.2 Å². The molecule has 0 saturated heterocycles. The Hall–Kier alpha value is -3.46. The van der Waals surface area contributed by atoms with Gasteiger partial charge in [0.1, 0.15) is 18.2 Å². The molecule has 2 aliphatic rings. The lowest BCUT2D eigenvalue weighted by atomic mass is 10.1. The van der Waals surface area contributed by atoms with Gasteiger partial charge < -0.3 is 4.74 Å². The summed E-state index contributed by atoms with van der Waals surface area (Å²) in [6.07, 6.45) is 7.97. The van der Waals surface area contributed by atoms with Crippen molar-refractivity contribution in [3.8, 4) is 23.8 Å². The molecule has 13 heteroatoms. The summed E-state index contributed by atoms with van der Waals surface area (Å²) < 4.78 is 35.2. The Morgan fingerprint density at radius 1 is 1.16 bits per heavy atom. The van der Waals surface area contributed by atoms with Crippen LogP contribution in [0, 0.1) is 12.3 Å². The molecule has 0 unspecified atom stereocenters. The normalized spacial score (nSPS) is 15.5. The fraction of sp³-hybridized carbons (Fsp3) is 0.320. The molecule has 0 atom stereocenters. The van der Waals surface area contributed by atoms with Gasteiger partial charge in [0.05, 0.1) is 27.0 Å². The number of hydrogen-bond acceptors (Lipinski definition) is 6. The number of carbonyl (C=O) groups is 1.